The van der Waals surface area contributed by atoms with Gasteiger partial charge in [-0.15, -0.1) is 0 Å². The molecule has 2 radical (unpaired) electrons. The quantitative estimate of drug-likeness (QED) is 0.611. The molecule has 6 nitrogen and oxygen atoms in total. The van der Waals surface area contributed by atoms with Crippen molar-refractivity contribution in [3.05, 3.63) is 54.2 Å². The molecule has 0 bridgehead atoms. The SMILES string of the molecule is [B][C@H](CC(C)C)NC(=O)[C@@H](NC(=O)c1cccc(-c2ccccc2)n1)[C@@H](C)O. The van der Waals surface area contributed by atoms with Crippen molar-refractivity contribution in [2.45, 2.75) is 45.3 Å². The Bertz CT molecular complexity index is 796. The lowest BCUT2D eigenvalue weighted by atomic mass is 9.88. The number of aliphatic hydroxyl groups excluding tert-OH is 1. The summed E-state index contributed by atoms with van der Waals surface area (Å²) in [4.78, 5) is 29.4. The molecule has 0 fully saturated rings. The molecule has 146 valence electrons. The zero-order valence-corrected chi connectivity index (χ0v) is 16.4. The van der Waals surface area contributed by atoms with E-state index in [9.17, 15) is 14.7 Å². The van der Waals surface area contributed by atoms with Crippen molar-refractivity contribution >= 4 is 19.7 Å². The maximum Gasteiger partial charge on any atom is 0.270 e. The van der Waals surface area contributed by atoms with Gasteiger partial charge >= 0.3 is 0 Å². The van der Waals surface area contributed by atoms with Crippen molar-refractivity contribution in [1.82, 2.24) is 15.6 Å². The summed E-state index contributed by atoms with van der Waals surface area (Å²) in [7, 11) is 5.90. The molecule has 1 heterocycles. The van der Waals surface area contributed by atoms with Crippen LogP contribution in [0.4, 0.5) is 0 Å². The van der Waals surface area contributed by atoms with Crippen LogP contribution in [0.1, 0.15) is 37.7 Å². The second kappa shape index (κ2) is 10.0. The monoisotopic (exact) mass is 379 g/mol. The molecule has 1 aromatic carbocycles. The van der Waals surface area contributed by atoms with Gasteiger partial charge in [-0.1, -0.05) is 50.2 Å². The van der Waals surface area contributed by atoms with Crippen molar-refractivity contribution < 1.29 is 14.7 Å². The lowest BCUT2D eigenvalue weighted by molar-refractivity contribution is -0.125. The molecule has 0 unspecified atom stereocenters. The summed E-state index contributed by atoms with van der Waals surface area (Å²) >= 11 is 0. The van der Waals surface area contributed by atoms with E-state index in [1.54, 1.807) is 18.2 Å². The number of rotatable bonds is 8. The van der Waals surface area contributed by atoms with Crippen LogP contribution < -0.4 is 10.6 Å². The smallest absolute Gasteiger partial charge is 0.270 e. The van der Waals surface area contributed by atoms with Crippen molar-refractivity contribution in [1.29, 1.82) is 0 Å². The van der Waals surface area contributed by atoms with E-state index in [1.165, 1.54) is 6.92 Å². The molecule has 28 heavy (non-hydrogen) atoms. The first-order valence-electron chi connectivity index (χ1n) is 9.35. The lowest BCUT2D eigenvalue weighted by Gasteiger charge is -2.24. The van der Waals surface area contributed by atoms with Crippen molar-refractivity contribution in [2.75, 3.05) is 0 Å². The lowest BCUT2D eigenvalue weighted by Crippen LogP contribution is -2.54. The highest BCUT2D eigenvalue weighted by atomic mass is 16.3. The zero-order chi connectivity index (χ0) is 20.7. The summed E-state index contributed by atoms with van der Waals surface area (Å²) in [5, 5.41) is 15.2. The van der Waals surface area contributed by atoms with E-state index in [-0.39, 0.29) is 5.69 Å². The molecule has 0 spiro atoms. The van der Waals surface area contributed by atoms with Gasteiger partial charge in [0.15, 0.2) is 0 Å². The predicted molar refractivity (Wildman–Crippen MR) is 110 cm³/mol. The van der Waals surface area contributed by atoms with Gasteiger partial charge in [-0.3, -0.25) is 9.59 Å². The molecule has 0 saturated carbocycles. The van der Waals surface area contributed by atoms with Crippen LogP contribution in [0.25, 0.3) is 11.3 Å². The molecule has 3 N–H and O–H groups in total. The molecule has 0 saturated heterocycles. The number of hydrogen-bond donors (Lipinski definition) is 3. The number of benzene rings is 1. The number of pyridine rings is 1. The van der Waals surface area contributed by atoms with Crippen LogP contribution in [0.2, 0.25) is 0 Å². The van der Waals surface area contributed by atoms with E-state index in [1.807, 2.05) is 44.2 Å². The Labute approximate surface area is 167 Å². The van der Waals surface area contributed by atoms with Crippen LogP contribution in [0.3, 0.4) is 0 Å². The number of nitrogens with zero attached hydrogens (tertiary/aromatic N) is 1. The van der Waals surface area contributed by atoms with Gasteiger partial charge in [-0.05, 0) is 37.3 Å². The Hall–Kier alpha value is -2.67. The van der Waals surface area contributed by atoms with E-state index in [2.05, 4.69) is 15.6 Å². The highest BCUT2D eigenvalue weighted by Gasteiger charge is 2.27. The van der Waals surface area contributed by atoms with Crippen LogP contribution in [0.5, 0.6) is 0 Å². The Morgan fingerprint density at radius 2 is 1.71 bits per heavy atom. The van der Waals surface area contributed by atoms with E-state index >= 15 is 0 Å². The summed E-state index contributed by atoms with van der Waals surface area (Å²) in [5.41, 5.74) is 1.68. The minimum Gasteiger partial charge on any atom is -0.391 e. The summed E-state index contributed by atoms with van der Waals surface area (Å²) < 4.78 is 0. The number of carbonyl (C=O) groups is 2. The fraction of sp³-hybridized carbons (Fsp3) is 0.381. The maximum absolute atomic E-state index is 12.6. The number of aromatic nitrogens is 1. The molecule has 0 aliphatic heterocycles. The van der Waals surface area contributed by atoms with E-state index in [0.717, 1.165) is 5.56 Å². The first-order chi connectivity index (χ1) is 13.3. The third kappa shape index (κ3) is 6.20. The minimum atomic E-state index is -1.13. The van der Waals surface area contributed by atoms with E-state index < -0.39 is 29.9 Å². The minimum absolute atomic E-state index is 0.159. The van der Waals surface area contributed by atoms with Gasteiger partial charge in [-0.2, -0.15) is 0 Å². The standard InChI is InChI=1S/C21H26BN3O3/c1-13(2)12-18(22)24-21(28)19(14(3)26)25-20(27)17-11-7-10-16(23-17)15-8-5-4-6-9-15/h4-11,13-14,18-19,26H,12H2,1-3H3,(H,24,28)(H,25,27)/t14-,18+,19+/m1/s1. The number of hydrogen-bond acceptors (Lipinski definition) is 4. The highest BCUT2D eigenvalue weighted by Crippen LogP contribution is 2.16. The maximum atomic E-state index is 12.6. The molecule has 7 heteroatoms. The molecule has 0 aliphatic carbocycles. The van der Waals surface area contributed by atoms with Crippen LogP contribution in [0.15, 0.2) is 48.5 Å². The molecule has 1 aromatic heterocycles. The average Bonchev–Trinajstić information content (AvgIpc) is 2.65. The predicted octanol–water partition coefficient (Wildman–Crippen LogP) is 1.88. The van der Waals surface area contributed by atoms with Crippen LogP contribution in [-0.4, -0.2) is 47.8 Å². The van der Waals surface area contributed by atoms with E-state index in [0.29, 0.717) is 18.0 Å². The third-order valence-electron chi connectivity index (χ3n) is 4.16. The van der Waals surface area contributed by atoms with Gasteiger partial charge in [0.05, 0.1) is 19.6 Å². The Kier molecular flexibility index (Phi) is 7.75. The summed E-state index contributed by atoms with van der Waals surface area (Å²) in [5.74, 6) is -1.32. The fourth-order valence-electron chi connectivity index (χ4n) is 2.79. The van der Waals surface area contributed by atoms with Crippen LogP contribution in [-0.2, 0) is 4.79 Å². The first-order valence-corrected chi connectivity index (χ1v) is 9.35. The van der Waals surface area contributed by atoms with Gasteiger partial charge in [0.1, 0.15) is 11.7 Å². The second-order valence-electron chi connectivity index (χ2n) is 7.21. The number of nitrogens with one attached hydrogen (secondary N) is 2. The second-order valence-corrected chi connectivity index (χ2v) is 7.21. The molecular weight excluding hydrogens is 353 g/mol. The Morgan fingerprint density at radius 3 is 2.32 bits per heavy atom. The Balaban J connectivity index is 2.11. The number of carbonyl (C=O) groups excluding carboxylic acids is 2. The summed E-state index contributed by atoms with van der Waals surface area (Å²) in [6, 6.07) is 13.4. The Morgan fingerprint density at radius 1 is 1.04 bits per heavy atom. The van der Waals surface area contributed by atoms with Gasteiger partial charge < -0.3 is 15.7 Å². The van der Waals surface area contributed by atoms with Gasteiger partial charge in [0, 0.05) is 5.56 Å². The average molecular weight is 379 g/mol. The third-order valence-corrected chi connectivity index (χ3v) is 4.16. The highest BCUT2D eigenvalue weighted by molar-refractivity contribution is 6.13. The summed E-state index contributed by atoms with van der Waals surface area (Å²) in [6.45, 7) is 5.42. The van der Waals surface area contributed by atoms with E-state index in [4.69, 9.17) is 7.85 Å². The fourth-order valence-corrected chi connectivity index (χ4v) is 2.79. The topological polar surface area (TPSA) is 91.3 Å². The molecule has 2 aromatic rings. The summed E-state index contributed by atoms with van der Waals surface area (Å²) in [6.07, 6.45) is -0.500. The zero-order valence-electron chi connectivity index (χ0n) is 16.4. The van der Waals surface area contributed by atoms with Crippen LogP contribution in [0, 0.1) is 5.92 Å². The molecule has 2 amide bonds. The molecule has 3 atom stereocenters. The normalized spacial score (nSPS) is 14.2. The van der Waals surface area contributed by atoms with Gasteiger partial charge in [0.2, 0.25) is 5.91 Å². The van der Waals surface area contributed by atoms with Gasteiger partial charge in [-0.25, -0.2) is 4.98 Å². The largest absolute Gasteiger partial charge is 0.391 e. The van der Waals surface area contributed by atoms with Gasteiger partial charge in [0.25, 0.3) is 5.91 Å². The number of aliphatic hydroxyl groups is 1. The van der Waals surface area contributed by atoms with Crippen LogP contribution >= 0.6 is 0 Å². The number of amides is 2. The van der Waals surface area contributed by atoms with Crippen molar-refractivity contribution in [3.8, 4) is 11.3 Å². The molecule has 2 rings (SSSR count). The molecular formula is C21H26BN3O3. The van der Waals surface area contributed by atoms with Crippen molar-refractivity contribution in [3.63, 3.8) is 0 Å². The first kappa shape index (κ1) is 21.6. The van der Waals surface area contributed by atoms with Crippen molar-refractivity contribution in [2.24, 2.45) is 5.92 Å². The molecule has 0 aliphatic rings.